The Hall–Kier alpha value is -1.53. The van der Waals surface area contributed by atoms with Gasteiger partial charge in [0.25, 0.3) is 6.43 Å². The number of amides is 2. The monoisotopic (exact) mass is 334 g/mol. The van der Waals surface area contributed by atoms with E-state index in [0.717, 1.165) is 0 Å². The Morgan fingerprint density at radius 1 is 0.957 bits per heavy atom. The summed E-state index contributed by atoms with van der Waals surface area (Å²) in [5, 5.41) is 4.33. The maximum absolute atomic E-state index is 12.9. The first-order chi connectivity index (χ1) is 10.6. The Kier molecular flexibility index (Phi) is 10.3. The van der Waals surface area contributed by atoms with Gasteiger partial charge in [-0.15, -0.1) is 0 Å². The zero-order valence-corrected chi connectivity index (χ0v) is 14.3. The van der Waals surface area contributed by atoms with Crippen LogP contribution in [0.15, 0.2) is 0 Å². The summed E-state index contributed by atoms with van der Waals surface area (Å²) in [4.78, 5) is 34.9. The molecule has 1 unspecified atom stereocenters. The van der Waals surface area contributed by atoms with E-state index in [-0.39, 0.29) is 18.7 Å². The minimum atomic E-state index is -3.02. The molecule has 1 atom stereocenters. The molecule has 0 aliphatic heterocycles. The SMILES string of the molecule is CC(C)CCNC(=O)C(NC(=O)CC(=O)CCC(C)C)C(F)F. The number of hydrogen-bond donors (Lipinski definition) is 2. The van der Waals surface area contributed by atoms with Crippen LogP contribution in [0.2, 0.25) is 0 Å². The summed E-state index contributed by atoms with van der Waals surface area (Å²) < 4.78 is 25.9. The number of halogens is 2. The van der Waals surface area contributed by atoms with Gasteiger partial charge in [-0.05, 0) is 24.7 Å². The Labute approximate surface area is 136 Å². The van der Waals surface area contributed by atoms with Crippen molar-refractivity contribution in [1.82, 2.24) is 10.6 Å². The number of hydrogen-bond acceptors (Lipinski definition) is 3. The van der Waals surface area contributed by atoms with Crippen molar-refractivity contribution in [1.29, 1.82) is 0 Å². The summed E-state index contributed by atoms with van der Waals surface area (Å²) in [5.74, 6) is -1.44. The van der Waals surface area contributed by atoms with Gasteiger partial charge in [0.15, 0.2) is 6.04 Å². The molecule has 7 heteroatoms. The molecule has 0 aliphatic rings. The first-order valence-electron chi connectivity index (χ1n) is 8.00. The summed E-state index contributed by atoms with van der Waals surface area (Å²) in [5.41, 5.74) is 0. The van der Waals surface area contributed by atoms with Crippen molar-refractivity contribution in [2.24, 2.45) is 11.8 Å². The van der Waals surface area contributed by atoms with Gasteiger partial charge in [-0.25, -0.2) is 8.78 Å². The van der Waals surface area contributed by atoms with Crippen molar-refractivity contribution < 1.29 is 23.2 Å². The Morgan fingerprint density at radius 2 is 1.52 bits per heavy atom. The molecule has 134 valence electrons. The molecule has 0 aromatic rings. The third-order valence-electron chi connectivity index (χ3n) is 3.23. The van der Waals surface area contributed by atoms with Crippen molar-refractivity contribution >= 4 is 17.6 Å². The highest BCUT2D eigenvalue weighted by atomic mass is 19.3. The van der Waals surface area contributed by atoms with Gasteiger partial charge < -0.3 is 10.6 Å². The number of ketones is 1. The summed E-state index contributed by atoms with van der Waals surface area (Å²) in [6.07, 6.45) is -1.98. The van der Waals surface area contributed by atoms with Gasteiger partial charge in [-0.1, -0.05) is 27.7 Å². The molecule has 0 saturated carbocycles. The Morgan fingerprint density at radius 3 is 2.00 bits per heavy atom. The average molecular weight is 334 g/mol. The third kappa shape index (κ3) is 10.8. The molecule has 0 rings (SSSR count). The zero-order chi connectivity index (χ0) is 18.0. The van der Waals surface area contributed by atoms with E-state index in [1.54, 1.807) is 0 Å². The van der Waals surface area contributed by atoms with Crippen LogP contribution in [0, 0.1) is 11.8 Å². The molecule has 0 aliphatic carbocycles. The van der Waals surface area contributed by atoms with Crippen molar-refractivity contribution in [2.45, 2.75) is 65.8 Å². The lowest BCUT2D eigenvalue weighted by molar-refractivity contribution is -0.135. The average Bonchev–Trinajstić information content (AvgIpc) is 2.41. The van der Waals surface area contributed by atoms with E-state index < -0.39 is 30.7 Å². The van der Waals surface area contributed by atoms with Crippen LogP contribution in [0.25, 0.3) is 0 Å². The highest BCUT2D eigenvalue weighted by Gasteiger charge is 2.30. The van der Waals surface area contributed by atoms with Crippen LogP contribution in [0.1, 0.15) is 53.4 Å². The highest BCUT2D eigenvalue weighted by molar-refractivity contribution is 5.99. The normalized spacial score (nSPS) is 12.6. The van der Waals surface area contributed by atoms with E-state index in [4.69, 9.17) is 0 Å². The molecule has 0 radical (unpaired) electrons. The van der Waals surface area contributed by atoms with Gasteiger partial charge in [0.2, 0.25) is 11.8 Å². The number of alkyl halides is 2. The highest BCUT2D eigenvalue weighted by Crippen LogP contribution is 2.07. The summed E-state index contributed by atoms with van der Waals surface area (Å²) in [6, 6.07) is -1.92. The third-order valence-corrected chi connectivity index (χ3v) is 3.23. The molecule has 0 saturated heterocycles. The number of carbonyl (C=O) groups excluding carboxylic acids is 3. The summed E-state index contributed by atoms with van der Waals surface area (Å²) >= 11 is 0. The van der Waals surface area contributed by atoms with Crippen LogP contribution in [-0.4, -0.2) is 36.6 Å². The fourth-order valence-corrected chi connectivity index (χ4v) is 1.78. The first kappa shape index (κ1) is 21.5. The van der Waals surface area contributed by atoms with E-state index in [0.29, 0.717) is 24.7 Å². The topological polar surface area (TPSA) is 75.3 Å². The quantitative estimate of drug-likeness (QED) is 0.569. The maximum Gasteiger partial charge on any atom is 0.267 e. The Balaban J connectivity index is 4.37. The predicted molar refractivity (Wildman–Crippen MR) is 84.1 cm³/mol. The van der Waals surface area contributed by atoms with Crippen LogP contribution < -0.4 is 10.6 Å². The van der Waals surface area contributed by atoms with E-state index in [1.807, 2.05) is 33.0 Å². The largest absolute Gasteiger partial charge is 0.354 e. The van der Waals surface area contributed by atoms with Crippen LogP contribution in [-0.2, 0) is 14.4 Å². The fraction of sp³-hybridized carbons (Fsp3) is 0.812. The standard InChI is InChI=1S/C16H28F2N2O3/c1-10(2)5-6-12(21)9-13(22)20-14(15(17)18)16(23)19-8-7-11(3)4/h10-11,14-15H,5-9H2,1-4H3,(H,19,23)(H,20,22). The van der Waals surface area contributed by atoms with E-state index in [2.05, 4.69) is 5.32 Å². The lowest BCUT2D eigenvalue weighted by atomic mass is 10.0. The van der Waals surface area contributed by atoms with Crippen molar-refractivity contribution in [3.8, 4) is 0 Å². The van der Waals surface area contributed by atoms with Gasteiger partial charge in [-0.3, -0.25) is 14.4 Å². The van der Waals surface area contributed by atoms with Crippen molar-refractivity contribution in [3.63, 3.8) is 0 Å². The second-order valence-corrected chi connectivity index (χ2v) is 6.50. The van der Waals surface area contributed by atoms with Crippen molar-refractivity contribution in [2.75, 3.05) is 6.54 Å². The predicted octanol–water partition coefficient (Wildman–Crippen LogP) is 2.29. The number of Topliss-reactive ketones (excluding diaryl/α,β-unsaturated/α-hetero) is 1. The minimum absolute atomic E-state index is 0.227. The molecule has 0 spiro atoms. The van der Waals surface area contributed by atoms with Gasteiger partial charge in [-0.2, -0.15) is 0 Å². The second kappa shape index (κ2) is 11.1. The van der Waals surface area contributed by atoms with Crippen LogP contribution in [0.3, 0.4) is 0 Å². The molecule has 2 N–H and O–H groups in total. The first-order valence-corrected chi connectivity index (χ1v) is 8.00. The molecule has 0 aromatic carbocycles. The number of carbonyl (C=O) groups is 3. The number of rotatable bonds is 11. The second-order valence-electron chi connectivity index (χ2n) is 6.50. The molecule has 0 heterocycles. The van der Waals surface area contributed by atoms with E-state index in [9.17, 15) is 23.2 Å². The lowest BCUT2D eigenvalue weighted by Crippen LogP contribution is -2.51. The van der Waals surface area contributed by atoms with Crippen LogP contribution >= 0.6 is 0 Å². The Bertz CT molecular complexity index is 399. The molecular weight excluding hydrogens is 306 g/mol. The molecule has 0 fully saturated rings. The zero-order valence-electron chi connectivity index (χ0n) is 14.3. The molecule has 5 nitrogen and oxygen atoms in total. The maximum atomic E-state index is 12.9. The lowest BCUT2D eigenvalue weighted by Gasteiger charge is -2.18. The van der Waals surface area contributed by atoms with E-state index in [1.165, 1.54) is 0 Å². The molecule has 2 amide bonds. The molecule has 0 aromatic heterocycles. The smallest absolute Gasteiger partial charge is 0.267 e. The van der Waals surface area contributed by atoms with Crippen LogP contribution in [0.5, 0.6) is 0 Å². The minimum Gasteiger partial charge on any atom is -0.354 e. The summed E-state index contributed by atoms with van der Waals surface area (Å²) in [7, 11) is 0. The van der Waals surface area contributed by atoms with E-state index >= 15 is 0 Å². The van der Waals surface area contributed by atoms with Gasteiger partial charge in [0, 0.05) is 13.0 Å². The van der Waals surface area contributed by atoms with Crippen molar-refractivity contribution in [3.05, 3.63) is 0 Å². The fourth-order valence-electron chi connectivity index (χ4n) is 1.78. The molecule has 23 heavy (non-hydrogen) atoms. The van der Waals surface area contributed by atoms with Gasteiger partial charge in [0.05, 0.1) is 6.42 Å². The molecular formula is C16H28F2N2O3. The van der Waals surface area contributed by atoms with Crippen LogP contribution in [0.4, 0.5) is 8.78 Å². The van der Waals surface area contributed by atoms with Gasteiger partial charge in [0.1, 0.15) is 5.78 Å². The van der Waals surface area contributed by atoms with Gasteiger partial charge >= 0.3 is 0 Å². The molecule has 0 bridgehead atoms. The number of nitrogens with one attached hydrogen (secondary N) is 2. The summed E-state index contributed by atoms with van der Waals surface area (Å²) in [6.45, 7) is 8.05.